The lowest BCUT2D eigenvalue weighted by molar-refractivity contribution is 0.0691. The number of aryl methyl sites for hydroxylation is 1. The molecule has 6 nitrogen and oxygen atoms in total. The summed E-state index contributed by atoms with van der Waals surface area (Å²) < 4.78 is 1.74. The number of nitrogens with zero attached hydrogens (tertiary/aromatic N) is 2. The third kappa shape index (κ3) is 3.43. The average molecular weight is 328 g/mol. The minimum atomic E-state index is -1.08. The first kappa shape index (κ1) is 15.5. The molecule has 0 fully saturated rings. The lowest BCUT2D eigenvalue weighted by atomic mass is 10.3. The summed E-state index contributed by atoms with van der Waals surface area (Å²) in [5.41, 5.74) is 0.445. The van der Waals surface area contributed by atoms with Crippen LogP contribution < -0.4 is 5.32 Å². The summed E-state index contributed by atoms with van der Waals surface area (Å²) in [6.45, 7) is 4.30. The van der Waals surface area contributed by atoms with Crippen molar-refractivity contribution in [2.24, 2.45) is 0 Å². The molecule has 0 aliphatic rings. The highest BCUT2D eigenvalue weighted by molar-refractivity contribution is 7.09. The lowest BCUT2D eigenvalue weighted by Gasteiger charge is -2.12. The summed E-state index contributed by atoms with van der Waals surface area (Å²) in [6.07, 6.45) is 1.69. The van der Waals surface area contributed by atoms with Crippen molar-refractivity contribution in [1.82, 2.24) is 14.9 Å². The Balaban J connectivity index is 2.12. The second-order valence-corrected chi connectivity index (χ2v) is 5.73. The molecular weight excluding hydrogens is 314 g/mol. The van der Waals surface area contributed by atoms with Gasteiger partial charge in [0.05, 0.1) is 11.1 Å². The largest absolute Gasteiger partial charge is 0.476 e. The Hall–Kier alpha value is -1.86. The third-order valence-electron chi connectivity index (χ3n) is 2.90. The number of aromatic carboxylic acids is 1. The fraction of sp³-hybridized carbons (Fsp3) is 0.308. The first-order valence-electron chi connectivity index (χ1n) is 6.27. The number of hydrogen-bond acceptors (Lipinski definition) is 4. The molecule has 0 aliphatic carbocycles. The molecule has 1 atom stereocenters. The number of hydrogen-bond donors (Lipinski definition) is 2. The second kappa shape index (κ2) is 6.28. The molecule has 0 spiro atoms. The molecule has 2 aromatic heterocycles. The zero-order valence-electron chi connectivity index (χ0n) is 11.5. The maximum Gasteiger partial charge on any atom is 0.355 e. The molecule has 21 heavy (non-hydrogen) atoms. The van der Waals surface area contributed by atoms with Crippen LogP contribution in [-0.4, -0.2) is 26.5 Å². The standard InChI is InChI=1S/C13H14ClN3O3S/c1-3-17-5-8(14)4-10(17)11(18)15-7(2)12-16-9(6-21-12)13(19)20/h4-7H,3H2,1-2H3,(H,15,18)(H,19,20). The van der Waals surface area contributed by atoms with E-state index < -0.39 is 5.97 Å². The maximum absolute atomic E-state index is 12.2. The maximum atomic E-state index is 12.2. The van der Waals surface area contributed by atoms with E-state index in [2.05, 4.69) is 10.3 Å². The number of rotatable bonds is 5. The third-order valence-corrected chi connectivity index (χ3v) is 4.13. The summed E-state index contributed by atoms with van der Waals surface area (Å²) in [7, 11) is 0. The van der Waals surface area contributed by atoms with Crippen LogP contribution in [0.15, 0.2) is 17.6 Å². The van der Waals surface area contributed by atoms with Crippen molar-refractivity contribution >= 4 is 34.8 Å². The molecule has 8 heteroatoms. The number of aromatic nitrogens is 2. The number of carbonyl (C=O) groups is 2. The molecule has 0 bridgehead atoms. The fourth-order valence-electron chi connectivity index (χ4n) is 1.84. The van der Waals surface area contributed by atoms with Crippen LogP contribution in [0.25, 0.3) is 0 Å². The summed E-state index contributed by atoms with van der Waals surface area (Å²) in [5.74, 6) is -1.36. The van der Waals surface area contributed by atoms with E-state index in [1.807, 2.05) is 6.92 Å². The van der Waals surface area contributed by atoms with Gasteiger partial charge in [0.2, 0.25) is 0 Å². The molecule has 0 saturated carbocycles. The summed E-state index contributed by atoms with van der Waals surface area (Å²) in [5, 5.41) is 14.1. The number of thiazole rings is 1. The summed E-state index contributed by atoms with van der Waals surface area (Å²) in [4.78, 5) is 27.0. The van der Waals surface area contributed by atoms with E-state index in [9.17, 15) is 9.59 Å². The highest BCUT2D eigenvalue weighted by Gasteiger charge is 2.19. The first-order valence-corrected chi connectivity index (χ1v) is 7.53. The van der Waals surface area contributed by atoms with Crippen LogP contribution in [0.2, 0.25) is 5.02 Å². The zero-order valence-corrected chi connectivity index (χ0v) is 13.0. The Morgan fingerprint density at radius 2 is 2.29 bits per heavy atom. The van der Waals surface area contributed by atoms with E-state index in [0.717, 1.165) is 0 Å². The molecule has 112 valence electrons. The molecule has 0 saturated heterocycles. The predicted octanol–water partition coefficient (Wildman–Crippen LogP) is 2.81. The molecule has 1 amide bonds. The molecule has 2 aromatic rings. The number of carboxylic acid groups (broad SMARTS) is 1. The Morgan fingerprint density at radius 1 is 1.57 bits per heavy atom. The van der Waals surface area contributed by atoms with Crippen LogP contribution in [0.5, 0.6) is 0 Å². The SMILES string of the molecule is CCn1cc(Cl)cc1C(=O)NC(C)c1nc(C(=O)O)cs1. The van der Waals surface area contributed by atoms with Crippen LogP contribution in [0, 0.1) is 0 Å². The molecule has 2 N–H and O–H groups in total. The van der Waals surface area contributed by atoms with Crippen LogP contribution in [0.4, 0.5) is 0 Å². The minimum Gasteiger partial charge on any atom is -0.476 e. The quantitative estimate of drug-likeness (QED) is 0.884. The van der Waals surface area contributed by atoms with Gasteiger partial charge in [-0.25, -0.2) is 9.78 Å². The van der Waals surface area contributed by atoms with Gasteiger partial charge in [-0.15, -0.1) is 11.3 Å². The fourth-order valence-corrected chi connectivity index (χ4v) is 2.87. The minimum absolute atomic E-state index is 0.0175. The molecular formula is C13H14ClN3O3S. The first-order chi connectivity index (χ1) is 9.92. The Kier molecular flexibility index (Phi) is 4.64. The van der Waals surface area contributed by atoms with Crippen molar-refractivity contribution in [2.45, 2.75) is 26.4 Å². The van der Waals surface area contributed by atoms with Gasteiger partial charge in [0.25, 0.3) is 5.91 Å². The number of carbonyl (C=O) groups excluding carboxylic acids is 1. The smallest absolute Gasteiger partial charge is 0.355 e. The van der Waals surface area contributed by atoms with Crippen molar-refractivity contribution in [3.8, 4) is 0 Å². The van der Waals surface area contributed by atoms with Crippen LogP contribution in [0.3, 0.4) is 0 Å². The van der Waals surface area contributed by atoms with Crippen LogP contribution in [-0.2, 0) is 6.54 Å². The Bertz CT molecular complexity index is 680. The van der Waals surface area contributed by atoms with Gasteiger partial charge in [0.15, 0.2) is 5.69 Å². The van der Waals surface area contributed by atoms with E-state index >= 15 is 0 Å². The van der Waals surface area contributed by atoms with E-state index in [-0.39, 0.29) is 17.6 Å². The Morgan fingerprint density at radius 3 is 2.86 bits per heavy atom. The van der Waals surface area contributed by atoms with Crippen LogP contribution in [0.1, 0.15) is 45.9 Å². The van der Waals surface area contributed by atoms with Gasteiger partial charge in [-0.2, -0.15) is 0 Å². The second-order valence-electron chi connectivity index (χ2n) is 4.40. The monoisotopic (exact) mass is 327 g/mol. The molecule has 0 aromatic carbocycles. The van der Waals surface area contributed by atoms with Gasteiger partial charge >= 0.3 is 5.97 Å². The molecule has 0 radical (unpaired) electrons. The average Bonchev–Trinajstić information content (AvgIpc) is 3.04. The van der Waals surface area contributed by atoms with E-state index in [4.69, 9.17) is 16.7 Å². The highest BCUT2D eigenvalue weighted by Crippen LogP contribution is 2.20. The number of carboxylic acids is 1. The lowest BCUT2D eigenvalue weighted by Crippen LogP contribution is -2.28. The summed E-state index contributed by atoms with van der Waals surface area (Å²) >= 11 is 7.10. The Labute approximate surface area is 130 Å². The number of amides is 1. The van der Waals surface area contributed by atoms with Crippen molar-refractivity contribution < 1.29 is 14.7 Å². The molecule has 0 aliphatic heterocycles. The molecule has 2 heterocycles. The number of halogens is 1. The predicted molar refractivity (Wildman–Crippen MR) is 80.1 cm³/mol. The van der Waals surface area contributed by atoms with Crippen LogP contribution >= 0.6 is 22.9 Å². The van der Waals surface area contributed by atoms with Crippen molar-refractivity contribution in [2.75, 3.05) is 0 Å². The van der Waals surface area contributed by atoms with E-state index in [0.29, 0.717) is 22.3 Å². The van der Waals surface area contributed by atoms with Gasteiger partial charge in [-0.1, -0.05) is 11.6 Å². The molecule has 2 rings (SSSR count). The van der Waals surface area contributed by atoms with Crippen molar-refractivity contribution in [3.63, 3.8) is 0 Å². The summed E-state index contributed by atoms with van der Waals surface area (Å²) in [6, 6.07) is 1.21. The van der Waals surface area contributed by atoms with Crippen molar-refractivity contribution in [1.29, 1.82) is 0 Å². The van der Waals surface area contributed by atoms with Gasteiger partial charge in [0.1, 0.15) is 10.7 Å². The van der Waals surface area contributed by atoms with Crippen molar-refractivity contribution in [3.05, 3.63) is 39.1 Å². The highest BCUT2D eigenvalue weighted by atomic mass is 35.5. The van der Waals surface area contributed by atoms with Gasteiger partial charge < -0.3 is 15.0 Å². The van der Waals surface area contributed by atoms with Gasteiger partial charge in [-0.05, 0) is 19.9 Å². The normalized spacial score (nSPS) is 12.1. The zero-order chi connectivity index (χ0) is 15.6. The van der Waals surface area contributed by atoms with Gasteiger partial charge in [-0.3, -0.25) is 4.79 Å². The molecule has 1 unspecified atom stereocenters. The van der Waals surface area contributed by atoms with Gasteiger partial charge in [0, 0.05) is 18.1 Å². The van der Waals surface area contributed by atoms with E-state index in [1.165, 1.54) is 16.7 Å². The topological polar surface area (TPSA) is 84.2 Å². The number of nitrogens with one attached hydrogen (secondary N) is 1. The van der Waals surface area contributed by atoms with E-state index in [1.54, 1.807) is 23.8 Å².